The van der Waals surface area contributed by atoms with Crippen molar-refractivity contribution in [2.24, 2.45) is 5.73 Å². The van der Waals surface area contributed by atoms with Crippen molar-refractivity contribution in [2.45, 2.75) is 20.4 Å². The summed E-state index contributed by atoms with van der Waals surface area (Å²) in [5.41, 5.74) is 9.19. The number of rotatable bonds is 3. The quantitative estimate of drug-likeness (QED) is 0.885. The van der Waals surface area contributed by atoms with Gasteiger partial charge < -0.3 is 11.1 Å². The number of hydrogen-bond donors (Lipinski definition) is 2. The first-order valence-electron chi connectivity index (χ1n) is 6.14. The molecule has 0 fully saturated rings. The molecule has 0 aliphatic heterocycles. The molecule has 2 rings (SSSR count). The van der Waals surface area contributed by atoms with Crippen LogP contribution in [0.1, 0.15) is 27.0 Å². The van der Waals surface area contributed by atoms with Gasteiger partial charge in [-0.15, -0.1) is 0 Å². The molecule has 0 bridgehead atoms. The lowest BCUT2D eigenvalue weighted by Gasteiger charge is -2.08. The largest absolute Gasteiger partial charge is 0.326 e. The summed E-state index contributed by atoms with van der Waals surface area (Å²) in [7, 11) is 0. The SMILES string of the molecule is Cc1ccc(C(=O)Nc2ccc(CN)cn2)c(C)c1. The van der Waals surface area contributed by atoms with Crippen LogP contribution in [0.15, 0.2) is 36.5 Å². The van der Waals surface area contributed by atoms with Crippen LogP contribution < -0.4 is 11.1 Å². The first kappa shape index (κ1) is 13.2. The molecule has 19 heavy (non-hydrogen) atoms. The Morgan fingerprint density at radius 2 is 2.05 bits per heavy atom. The van der Waals surface area contributed by atoms with Crippen LogP contribution in [-0.2, 0) is 6.54 Å². The number of benzene rings is 1. The highest BCUT2D eigenvalue weighted by Crippen LogP contribution is 2.13. The summed E-state index contributed by atoms with van der Waals surface area (Å²) in [6, 6.07) is 9.34. The van der Waals surface area contributed by atoms with Gasteiger partial charge >= 0.3 is 0 Å². The van der Waals surface area contributed by atoms with Gasteiger partial charge in [0.2, 0.25) is 0 Å². The highest BCUT2D eigenvalue weighted by molar-refractivity contribution is 6.04. The fraction of sp³-hybridized carbons (Fsp3) is 0.200. The van der Waals surface area contributed by atoms with Gasteiger partial charge in [0.1, 0.15) is 5.82 Å². The van der Waals surface area contributed by atoms with Crippen LogP contribution in [-0.4, -0.2) is 10.9 Å². The number of amides is 1. The molecule has 3 N–H and O–H groups in total. The molecular weight excluding hydrogens is 238 g/mol. The normalized spacial score (nSPS) is 10.3. The molecule has 0 saturated carbocycles. The molecule has 0 spiro atoms. The molecule has 1 aromatic heterocycles. The van der Waals surface area contributed by atoms with E-state index in [9.17, 15) is 4.79 Å². The number of nitrogens with one attached hydrogen (secondary N) is 1. The maximum absolute atomic E-state index is 12.1. The molecule has 4 heteroatoms. The molecule has 1 aromatic carbocycles. The number of aryl methyl sites for hydroxylation is 2. The molecule has 0 aliphatic carbocycles. The smallest absolute Gasteiger partial charge is 0.257 e. The molecule has 0 radical (unpaired) electrons. The molecule has 4 nitrogen and oxygen atoms in total. The molecule has 0 saturated heterocycles. The van der Waals surface area contributed by atoms with E-state index in [2.05, 4.69) is 10.3 Å². The van der Waals surface area contributed by atoms with Crippen LogP contribution >= 0.6 is 0 Å². The Morgan fingerprint density at radius 1 is 1.26 bits per heavy atom. The van der Waals surface area contributed by atoms with E-state index >= 15 is 0 Å². The van der Waals surface area contributed by atoms with Crippen LogP contribution in [0, 0.1) is 13.8 Å². The van der Waals surface area contributed by atoms with Gasteiger partial charge in [-0.1, -0.05) is 23.8 Å². The number of nitrogens with zero attached hydrogens (tertiary/aromatic N) is 1. The summed E-state index contributed by atoms with van der Waals surface area (Å²) in [5, 5.41) is 2.78. The third kappa shape index (κ3) is 3.17. The standard InChI is InChI=1S/C15H17N3O/c1-10-3-5-13(11(2)7-10)15(19)18-14-6-4-12(8-16)9-17-14/h3-7,9H,8,16H2,1-2H3,(H,17,18,19). The Hall–Kier alpha value is -2.20. The lowest BCUT2D eigenvalue weighted by Crippen LogP contribution is -2.14. The maximum Gasteiger partial charge on any atom is 0.257 e. The van der Waals surface area contributed by atoms with Gasteiger partial charge in [0.15, 0.2) is 0 Å². The van der Waals surface area contributed by atoms with Crippen molar-refractivity contribution in [3.05, 3.63) is 58.8 Å². The number of hydrogen-bond acceptors (Lipinski definition) is 3. The van der Waals surface area contributed by atoms with Gasteiger partial charge in [0.05, 0.1) is 0 Å². The van der Waals surface area contributed by atoms with Crippen LogP contribution in [0.2, 0.25) is 0 Å². The van der Waals surface area contributed by atoms with Gasteiger partial charge in [-0.25, -0.2) is 4.98 Å². The van der Waals surface area contributed by atoms with Gasteiger partial charge in [0.25, 0.3) is 5.91 Å². The van der Waals surface area contributed by atoms with Crippen molar-refractivity contribution < 1.29 is 4.79 Å². The lowest BCUT2D eigenvalue weighted by molar-refractivity contribution is 0.102. The van der Waals surface area contributed by atoms with Crippen LogP contribution in [0.25, 0.3) is 0 Å². The summed E-state index contributed by atoms with van der Waals surface area (Å²) in [6.45, 7) is 4.37. The molecule has 1 heterocycles. The Bertz CT molecular complexity index is 591. The van der Waals surface area contributed by atoms with Gasteiger partial charge in [-0.3, -0.25) is 4.79 Å². The number of nitrogens with two attached hydrogens (primary N) is 1. The minimum atomic E-state index is -0.148. The highest BCUT2D eigenvalue weighted by Gasteiger charge is 2.09. The fourth-order valence-electron chi connectivity index (χ4n) is 1.87. The van der Waals surface area contributed by atoms with Crippen molar-refractivity contribution in [3.8, 4) is 0 Å². The van der Waals surface area contributed by atoms with E-state index in [4.69, 9.17) is 5.73 Å². The lowest BCUT2D eigenvalue weighted by atomic mass is 10.1. The predicted molar refractivity (Wildman–Crippen MR) is 76.0 cm³/mol. The fourth-order valence-corrected chi connectivity index (χ4v) is 1.87. The van der Waals surface area contributed by atoms with E-state index < -0.39 is 0 Å². The minimum Gasteiger partial charge on any atom is -0.326 e. The molecule has 1 amide bonds. The van der Waals surface area contributed by atoms with Crippen LogP contribution in [0.3, 0.4) is 0 Å². The molecule has 2 aromatic rings. The summed E-state index contributed by atoms with van der Waals surface area (Å²) < 4.78 is 0. The number of carbonyl (C=O) groups is 1. The Labute approximate surface area is 112 Å². The van der Waals surface area contributed by atoms with Crippen molar-refractivity contribution in [1.82, 2.24) is 4.98 Å². The van der Waals surface area contributed by atoms with E-state index in [0.717, 1.165) is 16.7 Å². The van der Waals surface area contributed by atoms with Crippen molar-refractivity contribution in [3.63, 3.8) is 0 Å². The van der Waals surface area contributed by atoms with Crippen LogP contribution in [0.4, 0.5) is 5.82 Å². The monoisotopic (exact) mass is 255 g/mol. The molecule has 0 atom stereocenters. The first-order chi connectivity index (χ1) is 9.10. The molecule has 98 valence electrons. The van der Waals surface area contributed by atoms with E-state index in [0.29, 0.717) is 17.9 Å². The number of anilines is 1. The third-order valence-electron chi connectivity index (χ3n) is 2.93. The predicted octanol–water partition coefficient (Wildman–Crippen LogP) is 2.41. The topological polar surface area (TPSA) is 68.0 Å². The Morgan fingerprint density at radius 3 is 2.63 bits per heavy atom. The van der Waals surface area contributed by atoms with Crippen LogP contribution in [0.5, 0.6) is 0 Å². The first-order valence-corrected chi connectivity index (χ1v) is 6.14. The van der Waals surface area contributed by atoms with Crippen molar-refractivity contribution in [1.29, 1.82) is 0 Å². The van der Waals surface area contributed by atoms with E-state index in [1.54, 1.807) is 12.3 Å². The average Bonchev–Trinajstić information content (AvgIpc) is 2.39. The maximum atomic E-state index is 12.1. The van der Waals surface area contributed by atoms with E-state index in [1.165, 1.54) is 0 Å². The zero-order chi connectivity index (χ0) is 13.8. The zero-order valence-corrected chi connectivity index (χ0v) is 11.1. The summed E-state index contributed by atoms with van der Waals surface area (Å²) >= 11 is 0. The number of carbonyl (C=O) groups excluding carboxylic acids is 1. The number of pyridine rings is 1. The summed E-state index contributed by atoms with van der Waals surface area (Å²) in [6.07, 6.45) is 1.66. The Kier molecular flexibility index (Phi) is 3.92. The number of aromatic nitrogens is 1. The summed E-state index contributed by atoms with van der Waals surface area (Å²) in [4.78, 5) is 16.3. The Balaban J connectivity index is 2.15. The molecule has 0 unspecified atom stereocenters. The molecular formula is C15H17N3O. The zero-order valence-electron chi connectivity index (χ0n) is 11.1. The van der Waals surface area contributed by atoms with Gasteiger partial charge in [-0.05, 0) is 37.1 Å². The van der Waals surface area contributed by atoms with E-state index in [-0.39, 0.29) is 5.91 Å². The molecule has 0 aliphatic rings. The minimum absolute atomic E-state index is 0.148. The third-order valence-corrected chi connectivity index (χ3v) is 2.93. The van der Waals surface area contributed by atoms with Crippen molar-refractivity contribution in [2.75, 3.05) is 5.32 Å². The van der Waals surface area contributed by atoms with Gasteiger partial charge in [-0.2, -0.15) is 0 Å². The second-order valence-electron chi connectivity index (χ2n) is 4.53. The van der Waals surface area contributed by atoms with Gasteiger partial charge in [0, 0.05) is 18.3 Å². The van der Waals surface area contributed by atoms with E-state index in [1.807, 2.05) is 38.1 Å². The second-order valence-corrected chi connectivity index (χ2v) is 4.53. The summed E-state index contributed by atoms with van der Waals surface area (Å²) in [5.74, 6) is 0.382. The average molecular weight is 255 g/mol. The second kappa shape index (κ2) is 5.63. The highest BCUT2D eigenvalue weighted by atomic mass is 16.1. The van der Waals surface area contributed by atoms with Crippen molar-refractivity contribution >= 4 is 11.7 Å².